The zero-order valence-corrected chi connectivity index (χ0v) is 19.7. The predicted octanol–water partition coefficient (Wildman–Crippen LogP) is 4.27. The summed E-state index contributed by atoms with van der Waals surface area (Å²) in [6.45, 7) is 8.74. The molecule has 1 aromatic heterocycles. The van der Waals surface area contributed by atoms with E-state index in [1.165, 1.54) is 17.4 Å². The molecular weight excluding hydrogens is 436 g/mol. The van der Waals surface area contributed by atoms with Gasteiger partial charge in [-0.25, -0.2) is 8.42 Å². The summed E-state index contributed by atoms with van der Waals surface area (Å²) >= 11 is 1.43. The number of ether oxygens (including phenoxy) is 1. The molecule has 2 aromatic carbocycles. The number of sulfonamides is 1. The molecule has 0 radical (unpaired) electrons. The Bertz CT molecular complexity index is 1240. The topological polar surface area (TPSA) is 102 Å². The van der Waals surface area contributed by atoms with E-state index >= 15 is 0 Å². The maximum atomic E-state index is 13.1. The normalized spacial score (nSPS) is 13.5. The van der Waals surface area contributed by atoms with Crippen LogP contribution in [0.25, 0.3) is 20.2 Å². The van der Waals surface area contributed by atoms with Crippen molar-refractivity contribution in [2.75, 3.05) is 5.32 Å². The van der Waals surface area contributed by atoms with Crippen molar-refractivity contribution in [2.24, 2.45) is 5.92 Å². The largest absolute Gasteiger partial charge is 0.459 e. The van der Waals surface area contributed by atoms with Gasteiger partial charge in [-0.2, -0.15) is 4.72 Å². The van der Waals surface area contributed by atoms with E-state index < -0.39 is 27.6 Å². The first-order valence-corrected chi connectivity index (χ1v) is 12.1. The summed E-state index contributed by atoms with van der Waals surface area (Å²) < 4.78 is 35.7. The molecule has 3 aromatic rings. The Labute approximate surface area is 185 Å². The number of thiophene rings is 1. The minimum atomic E-state index is -3.95. The highest BCUT2D eigenvalue weighted by Crippen LogP contribution is 2.36. The van der Waals surface area contributed by atoms with Gasteiger partial charge in [0.25, 0.3) is 0 Å². The number of fused-ring (bicyclic) bond motifs is 3. The maximum absolute atomic E-state index is 13.1. The molecule has 7 nitrogen and oxygen atoms in total. The lowest BCUT2D eigenvalue weighted by atomic mass is 10.1. The Balaban J connectivity index is 1.95. The number of anilines is 1. The van der Waals surface area contributed by atoms with Crippen LogP contribution in [0.2, 0.25) is 0 Å². The molecule has 0 bridgehead atoms. The first-order valence-electron chi connectivity index (χ1n) is 9.83. The van der Waals surface area contributed by atoms with Gasteiger partial charge in [-0.1, -0.05) is 26.0 Å². The standard InChI is InChI=1S/C22H26N2O5S2/c1-13(2)20(21(26)29-22(3,4)5)24-31(27,28)15-7-9-17-16-8-6-14(23-12-25)10-18(16)30-19(17)11-15/h6-13,20,24H,1-5H3,(H,23,25)/t20-/m0/s1. The van der Waals surface area contributed by atoms with Crippen LogP contribution in [-0.4, -0.2) is 32.4 Å². The maximum Gasteiger partial charge on any atom is 0.324 e. The van der Waals surface area contributed by atoms with Gasteiger partial charge in [-0.3, -0.25) is 9.59 Å². The molecule has 3 rings (SSSR count). The van der Waals surface area contributed by atoms with Crippen LogP contribution in [0.15, 0.2) is 41.3 Å². The average Bonchev–Trinajstić information content (AvgIpc) is 3.01. The van der Waals surface area contributed by atoms with Crippen molar-refractivity contribution < 1.29 is 22.7 Å². The van der Waals surface area contributed by atoms with Gasteiger partial charge in [0, 0.05) is 25.9 Å². The van der Waals surface area contributed by atoms with Crippen LogP contribution < -0.4 is 10.0 Å². The van der Waals surface area contributed by atoms with Crippen LogP contribution in [0.5, 0.6) is 0 Å². The molecule has 0 saturated heterocycles. The second-order valence-corrected chi connectivity index (χ2v) is 11.4. The van der Waals surface area contributed by atoms with Crippen molar-refractivity contribution in [3.05, 3.63) is 36.4 Å². The lowest BCUT2D eigenvalue weighted by Gasteiger charge is -2.26. The van der Waals surface area contributed by atoms with E-state index in [0.717, 1.165) is 20.2 Å². The van der Waals surface area contributed by atoms with Gasteiger partial charge in [0.2, 0.25) is 16.4 Å². The number of amides is 1. The van der Waals surface area contributed by atoms with Crippen molar-refractivity contribution >= 4 is 59.6 Å². The number of carbonyl (C=O) groups excluding carboxylic acids is 2. The summed E-state index contributed by atoms with van der Waals surface area (Å²) in [4.78, 5) is 23.3. The summed E-state index contributed by atoms with van der Waals surface area (Å²) in [5.41, 5.74) is -0.0517. The molecule has 1 amide bonds. The molecule has 0 aliphatic rings. The minimum absolute atomic E-state index is 0.0759. The van der Waals surface area contributed by atoms with Gasteiger partial charge in [0.05, 0.1) is 4.90 Å². The zero-order chi connectivity index (χ0) is 23.0. The monoisotopic (exact) mass is 462 g/mol. The van der Waals surface area contributed by atoms with Gasteiger partial charge in [0.15, 0.2) is 0 Å². The zero-order valence-electron chi connectivity index (χ0n) is 18.1. The Hall–Kier alpha value is -2.49. The summed E-state index contributed by atoms with van der Waals surface area (Å²) in [7, 11) is -3.95. The fourth-order valence-electron chi connectivity index (χ4n) is 3.14. The van der Waals surface area contributed by atoms with Crippen molar-refractivity contribution in [3.63, 3.8) is 0 Å². The molecule has 2 N–H and O–H groups in total. The number of rotatable bonds is 7. The van der Waals surface area contributed by atoms with Crippen LogP contribution in [0.4, 0.5) is 5.69 Å². The minimum Gasteiger partial charge on any atom is -0.459 e. The Morgan fingerprint density at radius 3 is 2.26 bits per heavy atom. The van der Waals surface area contributed by atoms with Crippen molar-refractivity contribution in [3.8, 4) is 0 Å². The highest BCUT2D eigenvalue weighted by Gasteiger charge is 2.32. The van der Waals surface area contributed by atoms with Gasteiger partial charge in [0.1, 0.15) is 11.6 Å². The molecule has 9 heteroatoms. The SMILES string of the molecule is CC(C)[C@H](NS(=O)(=O)c1ccc2c(c1)sc1cc(NC=O)ccc12)C(=O)OC(C)(C)C. The third kappa shape index (κ3) is 5.23. The molecule has 0 spiro atoms. The highest BCUT2D eigenvalue weighted by atomic mass is 32.2. The third-order valence-electron chi connectivity index (χ3n) is 4.59. The van der Waals surface area contributed by atoms with Crippen LogP contribution >= 0.6 is 11.3 Å². The molecule has 1 heterocycles. The molecule has 0 aliphatic carbocycles. The van der Waals surface area contributed by atoms with Crippen LogP contribution in [0.3, 0.4) is 0 Å². The summed E-state index contributed by atoms with van der Waals surface area (Å²) in [5.74, 6) is -0.898. The first-order chi connectivity index (χ1) is 14.4. The number of nitrogens with one attached hydrogen (secondary N) is 2. The molecule has 0 unspecified atom stereocenters. The van der Waals surface area contributed by atoms with E-state index in [-0.39, 0.29) is 10.8 Å². The second kappa shape index (κ2) is 8.57. The number of carbonyl (C=O) groups is 2. The van der Waals surface area contributed by atoms with Crippen LogP contribution in [-0.2, 0) is 24.3 Å². The molecular formula is C22H26N2O5S2. The Morgan fingerprint density at radius 1 is 1.06 bits per heavy atom. The van der Waals surface area contributed by atoms with Gasteiger partial charge < -0.3 is 10.1 Å². The van der Waals surface area contributed by atoms with Gasteiger partial charge in [-0.15, -0.1) is 11.3 Å². The molecule has 166 valence electrons. The van der Waals surface area contributed by atoms with Crippen molar-refractivity contribution in [1.82, 2.24) is 4.72 Å². The van der Waals surface area contributed by atoms with E-state index in [9.17, 15) is 18.0 Å². The summed E-state index contributed by atoms with van der Waals surface area (Å²) in [6.07, 6.45) is 0.612. The smallest absolute Gasteiger partial charge is 0.324 e. The first kappa shape index (κ1) is 23.2. The number of benzene rings is 2. The second-order valence-electron chi connectivity index (χ2n) is 8.61. The third-order valence-corrected chi connectivity index (χ3v) is 7.14. The number of hydrogen-bond acceptors (Lipinski definition) is 6. The van der Waals surface area contributed by atoms with E-state index in [0.29, 0.717) is 12.1 Å². The lowest BCUT2D eigenvalue weighted by molar-refractivity contribution is -0.158. The Kier molecular flexibility index (Phi) is 6.40. The van der Waals surface area contributed by atoms with Crippen LogP contribution in [0, 0.1) is 5.92 Å². The van der Waals surface area contributed by atoms with E-state index in [1.807, 2.05) is 12.1 Å². The van der Waals surface area contributed by atoms with Crippen molar-refractivity contribution in [1.29, 1.82) is 0 Å². The molecule has 0 fully saturated rings. The summed E-state index contributed by atoms with van der Waals surface area (Å²) in [6, 6.07) is 9.42. The van der Waals surface area contributed by atoms with Gasteiger partial charge in [-0.05, 0) is 51.0 Å². The fraction of sp³-hybridized carbons (Fsp3) is 0.364. The average molecular weight is 463 g/mol. The van der Waals surface area contributed by atoms with Gasteiger partial charge >= 0.3 is 5.97 Å². The predicted molar refractivity (Wildman–Crippen MR) is 124 cm³/mol. The number of hydrogen-bond donors (Lipinski definition) is 2. The van der Waals surface area contributed by atoms with E-state index in [1.54, 1.807) is 52.8 Å². The van der Waals surface area contributed by atoms with E-state index in [2.05, 4.69) is 10.0 Å². The Morgan fingerprint density at radius 2 is 1.68 bits per heavy atom. The fourth-order valence-corrected chi connectivity index (χ4v) is 5.76. The molecule has 0 saturated carbocycles. The lowest BCUT2D eigenvalue weighted by Crippen LogP contribution is -2.47. The molecule has 1 atom stereocenters. The van der Waals surface area contributed by atoms with Crippen molar-refractivity contribution in [2.45, 2.75) is 51.2 Å². The quantitative estimate of drug-likeness (QED) is 0.403. The molecule has 0 aliphatic heterocycles. The molecule has 31 heavy (non-hydrogen) atoms. The highest BCUT2D eigenvalue weighted by molar-refractivity contribution is 7.89. The number of esters is 1. The summed E-state index contributed by atoms with van der Waals surface area (Å²) in [5, 5.41) is 4.51. The van der Waals surface area contributed by atoms with E-state index in [4.69, 9.17) is 4.74 Å². The van der Waals surface area contributed by atoms with Crippen LogP contribution in [0.1, 0.15) is 34.6 Å².